The normalized spacial score (nSPS) is 23.6. The molecule has 0 aliphatic carbocycles. The third-order valence-electron chi connectivity index (χ3n) is 3.16. The first-order valence-corrected chi connectivity index (χ1v) is 7.34. The Hall–Kier alpha value is -0.980. The number of carbonyl (C=O) groups excluding carboxylic acids is 1. The molecular formula is C13H20N2O3S. The highest BCUT2D eigenvalue weighted by molar-refractivity contribution is 7.13. The topological polar surface area (TPSA) is 71.5 Å². The first kappa shape index (κ1) is 14.4. The van der Waals surface area contributed by atoms with Crippen LogP contribution in [-0.4, -0.2) is 41.4 Å². The third-order valence-corrected chi connectivity index (χ3v) is 4.61. The first-order chi connectivity index (χ1) is 8.99. The van der Waals surface area contributed by atoms with Crippen LogP contribution in [0.4, 0.5) is 0 Å². The number of nitrogens with one attached hydrogen (secondary N) is 1. The van der Waals surface area contributed by atoms with Crippen molar-refractivity contribution in [1.29, 1.82) is 0 Å². The molecule has 0 aromatic carbocycles. The van der Waals surface area contributed by atoms with Gasteiger partial charge in [0.25, 0.3) is 5.91 Å². The van der Waals surface area contributed by atoms with Gasteiger partial charge in [-0.3, -0.25) is 4.79 Å². The molecule has 2 atom stereocenters. The van der Waals surface area contributed by atoms with E-state index in [9.17, 15) is 9.90 Å². The molecule has 1 fully saturated rings. The average molecular weight is 284 g/mol. The molecule has 106 valence electrons. The molecule has 2 N–H and O–H groups in total. The van der Waals surface area contributed by atoms with Gasteiger partial charge in [-0.25, -0.2) is 4.98 Å². The van der Waals surface area contributed by atoms with Crippen LogP contribution in [0.3, 0.4) is 0 Å². The lowest BCUT2D eigenvalue weighted by atomic mass is 10.1. The summed E-state index contributed by atoms with van der Waals surface area (Å²) in [6, 6.07) is -0.231. The van der Waals surface area contributed by atoms with E-state index in [0.717, 1.165) is 10.7 Å². The number of thiazole rings is 1. The highest BCUT2D eigenvalue weighted by Gasteiger charge is 2.27. The van der Waals surface area contributed by atoms with Crippen molar-refractivity contribution in [2.24, 2.45) is 0 Å². The summed E-state index contributed by atoms with van der Waals surface area (Å²) in [6.45, 7) is 6.81. The summed E-state index contributed by atoms with van der Waals surface area (Å²) in [6.07, 6.45) is 0.0115. The number of carbonyl (C=O) groups is 1. The zero-order chi connectivity index (χ0) is 14.0. The number of aliphatic hydroxyl groups excluding tert-OH is 1. The van der Waals surface area contributed by atoms with Crippen molar-refractivity contribution >= 4 is 17.2 Å². The van der Waals surface area contributed by atoms with E-state index in [1.54, 1.807) is 0 Å². The second-order valence-electron chi connectivity index (χ2n) is 5.13. The lowest BCUT2D eigenvalue weighted by Gasteiger charge is -2.28. The zero-order valence-electron chi connectivity index (χ0n) is 11.5. The van der Waals surface area contributed by atoms with E-state index in [2.05, 4.69) is 24.1 Å². The predicted octanol–water partition coefficient (Wildman–Crippen LogP) is 1.45. The van der Waals surface area contributed by atoms with Crippen LogP contribution in [0.2, 0.25) is 0 Å². The maximum atomic E-state index is 12.2. The molecule has 1 aliphatic rings. The van der Waals surface area contributed by atoms with Gasteiger partial charge in [0.2, 0.25) is 0 Å². The van der Waals surface area contributed by atoms with Crippen molar-refractivity contribution in [2.45, 2.75) is 45.3 Å². The highest BCUT2D eigenvalue weighted by Crippen LogP contribution is 2.24. The minimum atomic E-state index is -0.629. The fraction of sp³-hybridized carbons (Fsp3) is 0.692. The molecule has 0 bridgehead atoms. The molecule has 1 aromatic heterocycles. The van der Waals surface area contributed by atoms with E-state index in [1.165, 1.54) is 11.3 Å². The molecule has 19 heavy (non-hydrogen) atoms. The van der Waals surface area contributed by atoms with Crippen molar-refractivity contribution in [3.05, 3.63) is 15.6 Å². The van der Waals surface area contributed by atoms with E-state index < -0.39 is 6.10 Å². The average Bonchev–Trinajstić information content (AvgIpc) is 2.74. The monoisotopic (exact) mass is 284 g/mol. The largest absolute Gasteiger partial charge is 0.389 e. The molecule has 1 aliphatic heterocycles. The fourth-order valence-electron chi connectivity index (χ4n) is 2.00. The first-order valence-electron chi connectivity index (χ1n) is 6.53. The lowest BCUT2D eigenvalue weighted by molar-refractivity contribution is -0.0260. The predicted molar refractivity (Wildman–Crippen MR) is 73.6 cm³/mol. The Balaban J connectivity index is 2.07. The number of aromatic nitrogens is 1. The Kier molecular flexibility index (Phi) is 4.54. The van der Waals surface area contributed by atoms with Crippen molar-refractivity contribution in [2.75, 3.05) is 13.2 Å². The van der Waals surface area contributed by atoms with Crippen molar-refractivity contribution < 1.29 is 14.6 Å². The van der Waals surface area contributed by atoms with E-state index in [-0.39, 0.29) is 18.6 Å². The number of nitrogens with zero attached hydrogens (tertiary/aromatic N) is 1. The molecule has 6 heteroatoms. The molecule has 1 aromatic rings. The summed E-state index contributed by atoms with van der Waals surface area (Å²) < 4.78 is 5.15. The standard InChI is InChI=1S/C13H20N2O3S/c1-7(2)13-14-8(3)11(19-13)12(17)15-9-4-5-18-6-10(9)16/h7,9-10,16H,4-6H2,1-3H3,(H,15,17)/t9-,10-/m1/s1. The third kappa shape index (κ3) is 3.32. The van der Waals surface area contributed by atoms with Gasteiger partial charge < -0.3 is 15.2 Å². The number of ether oxygens (including phenoxy) is 1. The molecular weight excluding hydrogens is 264 g/mol. The molecule has 2 rings (SSSR count). The Morgan fingerprint density at radius 3 is 2.89 bits per heavy atom. The van der Waals surface area contributed by atoms with E-state index in [0.29, 0.717) is 23.8 Å². The fourth-order valence-corrected chi connectivity index (χ4v) is 2.97. The zero-order valence-corrected chi connectivity index (χ0v) is 12.3. The van der Waals surface area contributed by atoms with E-state index in [1.807, 2.05) is 6.92 Å². The maximum Gasteiger partial charge on any atom is 0.263 e. The minimum Gasteiger partial charge on any atom is -0.389 e. The summed E-state index contributed by atoms with van der Waals surface area (Å²) in [5.74, 6) is 0.173. The number of rotatable bonds is 3. The number of hydrogen-bond donors (Lipinski definition) is 2. The van der Waals surface area contributed by atoms with Gasteiger partial charge in [-0.05, 0) is 13.3 Å². The summed E-state index contributed by atoms with van der Waals surface area (Å²) in [4.78, 5) is 17.3. The van der Waals surface area contributed by atoms with Crippen LogP contribution in [0, 0.1) is 6.92 Å². The number of hydrogen-bond acceptors (Lipinski definition) is 5. The number of aryl methyl sites for hydroxylation is 1. The molecule has 0 radical (unpaired) electrons. The molecule has 5 nitrogen and oxygen atoms in total. The van der Waals surface area contributed by atoms with Crippen LogP contribution in [0.1, 0.15) is 46.6 Å². The van der Waals surface area contributed by atoms with Gasteiger partial charge in [-0.1, -0.05) is 13.8 Å². The van der Waals surface area contributed by atoms with Gasteiger partial charge >= 0.3 is 0 Å². The Labute approximate surface area is 117 Å². The summed E-state index contributed by atoms with van der Waals surface area (Å²) >= 11 is 1.43. The van der Waals surface area contributed by atoms with E-state index >= 15 is 0 Å². The van der Waals surface area contributed by atoms with Gasteiger partial charge in [0.05, 0.1) is 29.5 Å². The van der Waals surface area contributed by atoms with Gasteiger partial charge in [-0.15, -0.1) is 11.3 Å². The molecule has 2 heterocycles. The van der Waals surface area contributed by atoms with Gasteiger partial charge in [0.15, 0.2) is 0 Å². The van der Waals surface area contributed by atoms with Crippen molar-refractivity contribution in [3.8, 4) is 0 Å². The van der Waals surface area contributed by atoms with Crippen molar-refractivity contribution in [1.82, 2.24) is 10.3 Å². The van der Waals surface area contributed by atoms with Crippen LogP contribution in [-0.2, 0) is 4.74 Å². The minimum absolute atomic E-state index is 0.146. The van der Waals surface area contributed by atoms with Gasteiger partial charge in [-0.2, -0.15) is 0 Å². The molecule has 0 saturated carbocycles. The Bertz CT molecular complexity index is 459. The Morgan fingerprint density at radius 2 is 2.32 bits per heavy atom. The Morgan fingerprint density at radius 1 is 1.58 bits per heavy atom. The van der Waals surface area contributed by atoms with Crippen molar-refractivity contribution in [3.63, 3.8) is 0 Å². The number of aliphatic hydroxyl groups is 1. The summed E-state index contributed by atoms with van der Waals surface area (Å²) in [7, 11) is 0. The summed E-state index contributed by atoms with van der Waals surface area (Å²) in [5.41, 5.74) is 0.757. The lowest BCUT2D eigenvalue weighted by Crippen LogP contribution is -2.48. The van der Waals surface area contributed by atoms with Crippen LogP contribution in [0.15, 0.2) is 0 Å². The second-order valence-corrected chi connectivity index (χ2v) is 6.16. The SMILES string of the molecule is Cc1nc(C(C)C)sc1C(=O)N[C@@H]1CCOC[C@H]1O. The second kappa shape index (κ2) is 5.98. The van der Waals surface area contributed by atoms with E-state index in [4.69, 9.17) is 4.74 Å². The molecule has 0 unspecified atom stereocenters. The quantitative estimate of drug-likeness (QED) is 0.881. The van der Waals surface area contributed by atoms with Gasteiger partial charge in [0, 0.05) is 12.5 Å². The molecule has 1 saturated heterocycles. The highest BCUT2D eigenvalue weighted by atomic mass is 32.1. The maximum absolute atomic E-state index is 12.2. The number of amides is 1. The van der Waals surface area contributed by atoms with Crippen LogP contribution < -0.4 is 5.32 Å². The molecule has 1 amide bonds. The molecule has 0 spiro atoms. The summed E-state index contributed by atoms with van der Waals surface area (Å²) in [5, 5.41) is 13.6. The van der Waals surface area contributed by atoms with Crippen LogP contribution in [0.25, 0.3) is 0 Å². The smallest absolute Gasteiger partial charge is 0.263 e. The van der Waals surface area contributed by atoms with Crippen LogP contribution in [0.5, 0.6) is 0 Å². The van der Waals surface area contributed by atoms with Crippen LogP contribution >= 0.6 is 11.3 Å². The van der Waals surface area contributed by atoms with Gasteiger partial charge in [0.1, 0.15) is 4.88 Å².